The van der Waals surface area contributed by atoms with Crippen LogP contribution in [0.3, 0.4) is 0 Å². The van der Waals surface area contributed by atoms with E-state index in [4.69, 9.17) is 4.74 Å². The molecule has 152 valence electrons. The number of benzene rings is 2. The lowest BCUT2D eigenvalue weighted by Crippen LogP contribution is -2.52. The molecule has 0 aliphatic carbocycles. The molecule has 6 nitrogen and oxygen atoms in total. The SMILES string of the molecule is CS(=O)(=O)N1C2CCC1CC(NC(=O)C1c3ccccc3Oc3ccccc31)C2. The van der Waals surface area contributed by atoms with Gasteiger partial charge in [-0.25, -0.2) is 8.42 Å². The number of ether oxygens (including phenoxy) is 1. The van der Waals surface area contributed by atoms with E-state index in [-0.39, 0.29) is 24.0 Å². The van der Waals surface area contributed by atoms with E-state index in [1.807, 2.05) is 48.5 Å². The highest BCUT2D eigenvalue weighted by atomic mass is 32.2. The van der Waals surface area contributed by atoms with E-state index in [2.05, 4.69) is 5.32 Å². The molecule has 0 radical (unpaired) electrons. The van der Waals surface area contributed by atoms with Crippen molar-refractivity contribution in [1.82, 2.24) is 9.62 Å². The van der Waals surface area contributed by atoms with Gasteiger partial charge in [0.05, 0.1) is 12.2 Å². The third-order valence-electron chi connectivity index (χ3n) is 6.34. The van der Waals surface area contributed by atoms with Crippen LogP contribution in [0.2, 0.25) is 0 Å². The van der Waals surface area contributed by atoms with Gasteiger partial charge in [-0.05, 0) is 37.8 Å². The fourth-order valence-electron chi connectivity index (χ4n) is 5.27. The standard InChI is InChI=1S/C22H24N2O4S/c1-29(26,27)24-15-10-11-16(24)13-14(12-15)23-22(25)21-17-6-2-4-8-19(17)28-20-9-5-3-7-18(20)21/h2-9,14-16,21H,10-13H2,1H3,(H,23,25). The Morgan fingerprint density at radius 2 is 1.48 bits per heavy atom. The first-order chi connectivity index (χ1) is 13.9. The van der Waals surface area contributed by atoms with Crippen molar-refractivity contribution in [1.29, 1.82) is 0 Å². The quantitative estimate of drug-likeness (QED) is 0.841. The maximum absolute atomic E-state index is 13.4. The predicted octanol–water partition coefficient (Wildman–Crippen LogP) is 3.00. The van der Waals surface area contributed by atoms with Gasteiger partial charge in [-0.15, -0.1) is 0 Å². The molecule has 7 heteroatoms. The van der Waals surface area contributed by atoms with Crippen molar-refractivity contribution in [2.45, 2.75) is 49.7 Å². The second-order valence-corrected chi connectivity index (χ2v) is 10.2. The van der Waals surface area contributed by atoms with Gasteiger partial charge in [-0.1, -0.05) is 36.4 Å². The van der Waals surface area contributed by atoms with Crippen molar-refractivity contribution in [3.63, 3.8) is 0 Å². The molecular weight excluding hydrogens is 388 g/mol. The Morgan fingerprint density at radius 1 is 0.966 bits per heavy atom. The zero-order valence-corrected chi connectivity index (χ0v) is 17.1. The first-order valence-corrected chi connectivity index (χ1v) is 11.9. The molecule has 3 aliphatic rings. The summed E-state index contributed by atoms with van der Waals surface area (Å²) in [6, 6.07) is 15.2. The van der Waals surface area contributed by atoms with Crippen molar-refractivity contribution < 1.29 is 17.9 Å². The maximum atomic E-state index is 13.4. The van der Waals surface area contributed by atoms with E-state index >= 15 is 0 Å². The molecule has 2 atom stereocenters. The van der Waals surface area contributed by atoms with Gasteiger partial charge in [0.15, 0.2) is 0 Å². The van der Waals surface area contributed by atoms with Gasteiger partial charge in [0.25, 0.3) is 0 Å². The van der Waals surface area contributed by atoms with Gasteiger partial charge in [0.1, 0.15) is 11.5 Å². The first-order valence-electron chi connectivity index (χ1n) is 10.1. The highest BCUT2D eigenvalue weighted by Gasteiger charge is 2.46. The number of hydrogen-bond acceptors (Lipinski definition) is 4. The van der Waals surface area contributed by atoms with Gasteiger partial charge in [-0.2, -0.15) is 4.31 Å². The van der Waals surface area contributed by atoms with Gasteiger partial charge < -0.3 is 10.1 Å². The molecule has 0 saturated carbocycles. The molecular formula is C22H24N2O4S. The molecule has 2 saturated heterocycles. The van der Waals surface area contributed by atoms with Crippen molar-refractivity contribution >= 4 is 15.9 Å². The molecule has 2 aromatic rings. The minimum absolute atomic E-state index is 0.0108. The average molecular weight is 413 g/mol. The van der Waals surface area contributed by atoms with Crippen LogP contribution in [-0.2, 0) is 14.8 Å². The number of nitrogens with one attached hydrogen (secondary N) is 1. The number of amides is 1. The normalized spacial score (nSPS) is 26.3. The van der Waals surface area contributed by atoms with Gasteiger partial charge in [0.2, 0.25) is 15.9 Å². The molecule has 0 spiro atoms. The van der Waals surface area contributed by atoms with Crippen LogP contribution in [0.25, 0.3) is 0 Å². The van der Waals surface area contributed by atoms with Crippen LogP contribution in [-0.4, -0.2) is 43.0 Å². The number of hydrogen-bond donors (Lipinski definition) is 1. The number of rotatable bonds is 3. The third-order valence-corrected chi connectivity index (χ3v) is 7.70. The van der Waals surface area contributed by atoms with Crippen LogP contribution < -0.4 is 10.1 Å². The maximum Gasteiger partial charge on any atom is 0.232 e. The van der Waals surface area contributed by atoms with Crippen LogP contribution in [0.4, 0.5) is 0 Å². The van der Waals surface area contributed by atoms with E-state index in [0.29, 0.717) is 24.3 Å². The van der Waals surface area contributed by atoms with Crippen molar-refractivity contribution in [3.05, 3.63) is 59.7 Å². The van der Waals surface area contributed by atoms with Crippen LogP contribution >= 0.6 is 0 Å². The van der Waals surface area contributed by atoms with Crippen molar-refractivity contribution in [2.75, 3.05) is 6.26 Å². The van der Waals surface area contributed by atoms with Crippen LogP contribution in [0.5, 0.6) is 11.5 Å². The molecule has 1 N–H and O–H groups in total. The van der Waals surface area contributed by atoms with Gasteiger partial charge in [-0.3, -0.25) is 4.79 Å². The number of sulfonamides is 1. The monoisotopic (exact) mass is 412 g/mol. The van der Waals surface area contributed by atoms with E-state index in [0.717, 1.165) is 24.0 Å². The summed E-state index contributed by atoms with van der Waals surface area (Å²) in [5, 5.41) is 3.23. The number of piperidine rings is 1. The summed E-state index contributed by atoms with van der Waals surface area (Å²) in [4.78, 5) is 13.4. The summed E-state index contributed by atoms with van der Waals surface area (Å²) >= 11 is 0. The molecule has 29 heavy (non-hydrogen) atoms. The predicted molar refractivity (Wildman–Crippen MR) is 109 cm³/mol. The summed E-state index contributed by atoms with van der Waals surface area (Å²) in [5.41, 5.74) is 1.72. The molecule has 5 rings (SSSR count). The Balaban J connectivity index is 1.40. The number of nitrogens with zero attached hydrogens (tertiary/aromatic N) is 1. The molecule has 1 amide bonds. The van der Waals surface area contributed by atoms with Crippen molar-refractivity contribution in [2.24, 2.45) is 0 Å². The number of carbonyl (C=O) groups excluding carboxylic acids is 1. The fraction of sp³-hybridized carbons (Fsp3) is 0.409. The minimum Gasteiger partial charge on any atom is -0.457 e. The molecule has 0 aromatic heterocycles. The van der Waals surface area contributed by atoms with Crippen molar-refractivity contribution in [3.8, 4) is 11.5 Å². The second-order valence-electron chi connectivity index (χ2n) is 8.27. The summed E-state index contributed by atoms with van der Waals surface area (Å²) in [7, 11) is -3.21. The lowest BCUT2D eigenvalue weighted by Gasteiger charge is -2.38. The summed E-state index contributed by atoms with van der Waals surface area (Å²) in [6.07, 6.45) is 4.36. The van der Waals surface area contributed by atoms with Crippen LogP contribution in [0, 0.1) is 0 Å². The van der Waals surface area contributed by atoms with Crippen LogP contribution in [0.15, 0.2) is 48.5 Å². The summed E-state index contributed by atoms with van der Waals surface area (Å²) < 4.78 is 31.9. The minimum atomic E-state index is -3.21. The topological polar surface area (TPSA) is 75.7 Å². The second kappa shape index (κ2) is 6.85. The lowest BCUT2D eigenvalue weighted by molar-refractivity contribution is -0.122. The highest BCUT2D eigenvalue weighted by molar-refractivity contribution is 7.88. The van der Waals surface area contributed by atoms with Gasteiger partial charge >= 0.3 is 0 Å². The Bertz CT molecular complexity index is 1010. The Hall–Kier alpha value is -2.38. The summed E-state index contributed by atoms with van der Waals surface area (Å²) in [6.45, 7) is 0. The summed E-state index contributed by atoms with van der Waals surface area (Å²) in [5.74, 6) is 0.934. The van der Waals surface area contributed by atoms with Gasteiger partial charge in [0, 0.05) is 29.3 Å². The highest BCUT2D eigenvalue weighted by Crippen LogP contribution is 2.44. The molecule has 2 unspecified atom stereocenters. The van der Waals surface area contributed by atoms with E-state index in [1.165, 1.54) is 6.26 Å². The number of carbonyl (C=O) groups is 1. The average Bonchev–Trinajstić information content (AvgIpc) is 2.98. The molecule has 2 fully saturated rings. The fourth-order valence-corrected chi connectivity index (χ4v) is 6.74. The molecule has 3 aliphatic heterocycles. The van der Waals surface area contributed by atoms with E-state index in [1.54, 1.807) is 4.31 Å². The molecule has 3 heterocycles. The third kappa shape index (κ3) is 3.22. The molecule has 2 bridgehead atoms. The Kier molecular flexibility index (Phi) is 4.40. The number of para-hydroxylation sites is 2. The van der Waals surface area contributed by atoms with E-state index in [9.17, 15) is 13.2 Å². The zero-order chi connectivity index (χ0) is 20.2. The Labute approximate surface area is 170 Å². The smallest absolute Gasteiger partial charge is 0.232 e. The lowest BCUT2D eigenvalue weighted by atomic mass is 9.86. The first kappa shape index (κ1) is 18.6. The Morgan fingerprint density at radius 3 is 2.00 bits per heavy atom. The van der Waals surface area contributed by atoms with E-state index < -0.39 is 15.9 Å². The number of fused-ring (bicyclic) bond motifs is 4. The largest absolute Gasteiger partial charge is 0.457 e. The zero-order valence-electron chi connectivity index (χ0n) is 16.2. The van der Waals surface area contributed by atoms with Crippen LogP contribution in [0.1, 0.15) is 42.7 Å². The molecule has 2 aromatic carbocycles.